The predicted octanol–water partition coefficient (Wildman–Crippen LogP) is 5.35. The van der Waals surface area contributed by atoms with Crippen LogP contribution in [0.5, 0.6) is 11.5 Å². The smallest absolute Gasteiger partial charge is 0.322 e. The Balaban J connectivity index is 1.80. The summed E-state index contributed by atoms with van der Waals surface area (Å²) in [6, 6.07) is 15.1. The Hall–Kier alpha value is -2.90. The predicted molar refractivity (Wildman–Crippen MR) is 111 cm³/mol. The summed E-state index contributed by atoms with van der Waals surface area (Å²) in [5, 5.41) is 12.3. The number of benzene rings is 2. The maximum Gasteiger partial charge on any atom is 0.322 e. The highest BCUT2D eigenvalue weighted by Crippen LogP contribution is 2.52. The number of hydrogen-bond acceptors (Lipinski definition) is 7. The largest absolute Gasteiger partial charge is 0.506 e. The maximum atomic E-state index is 12.3. The van der Waals surface area contributed by atoms with Crippen LogP contribution >= 0.6 is 22.7 Å². The van der Waals surface area contributed by atoms with Crippen molar-refractivity contribution in [3.8, 4) is 21.3 Å². The van der Waals surface area contributed by atoms with Crippen molar-refractivity contribution in [3.63, 3.8) is 0 Å². The molecule has 142 valence electrons. The van der Waals surface area contributed by atoms with Crippen molar-refractivity contribution < 1.29 is 24.2 Å². The van der Waals surface area contributed by atoms with Crippen molar-refractivity contribution in [3.05, 3.63) is 48.5 Å². The van der Waals surface area contributed by atoms with Crippen LogP contribution in [0.3, 0.4) is 0 Å². The van der Waals surface area contributed by atoms with Crippen molar-refractivity contribution in [1.29, 1.82) is 0 Å². The lowest BCUT2D eigenvalue weighted by atomic mass is 10.2. The molecule has 4 rings (SSSR count). The summed E-state index contributed by atoms with van der Waals surface area (Å²) in [4.78, 5) is 25.2. The quantitative estimate of drug-likeness (QED) is 0.353. The van der Waals surface area contributed by atoms with Gasteiger partial charge in [-0.1, -0.05) is 24.3 Å². The van der Waals surface area contributed by atoms with E-state index in [-0.39, 0.29) is 12.4 Å². The van der Waals surface area contributed by atoms with E-state index in [1.54, 1.807) is 6.92 Å². The maximum absolute atomic E-state index is 12.3. The molecule has 2 aromatic carbocycles. The summed E-state index contributed by atoms with van der Waals surface area (Å²) in [5.41, 5.74) is 0. The molecule has 0 aliphatic carbocycles. The molecule has 4 aromatic rings. The highest BCUT2D eigenvalue weighted by Gasteiger charge is 2.24. The van der Waals surface area contributed by atoms with Crippen molar-refractivity contribution in [2.24, 2.45) is 0 Å². The van der Waals surface area contributed by atoms with E-state index in [4.69, 9.17) is 9.47 Å². The van der Waals surface area contributed by atoms with E-state index in [9.17, 15) is 14.7 Å². The third-order valence-corrected chi connectivity index (χ3v) is 6.61. The lowest BCUT2D eigenvalue weighted by Crippen LogP contribution is -2.16. The molecule has 0 amide bonds. The molecule has 0 fully saturated rings. The number of thiophene rings is 2. The molecule has 0 atom stereocenters. The Morgan fingerprint density at radius 2 is 1.50 bits per heavy atom. The van der Waals surface area contributed by atoms with Gasteiger partial charge in [-0.25, -0.2) is 0 Å². The van der Waals surface area contributed by atoms with E-state index < -0.39 is 18.4 Å². The third-order valence-electron chi connectivity index (χ3n) is 4.14. The van der Waals surface area contributed by atoms with Crippen molar-refractivity contribution in [1.82, 2.24) is 0 Å². The van der Waals surface area contributed by atoms with Crippen LogP contribution in [0.15, 0.2) is 48.5 Å². The summed E-state index contributed by atoms with van der Waals surface area (Å²) in [6.07, 6.45) is -0.462. The summed E-state index contributed by atoms with van der Waals surface area (Å²) < 4.78 is 12.3. The van der Waals surface area contributed by atoms with Gasteiger partial charge in [-0.05, 0) is 31.2 Å². The SMILES string of the molecule is CCOC(=O)CC(=O)Oc1c(-c2sc3ccccc3c2O)sc2ccccc12. The average Bonchev–Trinajstić information content (AvgIpc) is 3.20. The Morgan fingerprint density at radius 3 is 2.18 bits per heavy atom. The molecule has 0 saturated heterocycles. The van der Waals surface area contributed by atoms with Crippen LogP contribution < -0.4 is 4.74 Å². The molecule has 0 aliphatic heterocycles. The lowest BCUT2D eigenvalue weighted by molar-refractivity contribution is -0.149. The van der Waals surface area contributed by atoms with E-state index >= 15 is 0 Å². The fraction of sp³-hybridized carbons (Fsp3) is 0.143. The van der Waals surface area contributed by atoms with E-state index in [2.05, 4.69) is 0 Å². The topological polar surface area (TPSA) is 72.8 Å². The normalized spacial score (nSPS) is 11.0. The molecule has 0 bridgehead atoms. The highest BCUT2D eigenvalue weighted by atomic mass is 32.1. The molecule has 1 N–H and O–H groups in total. The minimum atomic E-state index is -0.691. The number of ether oxygens (including phenoxy) is 2. The molecule has 0 unspecified atom stereocenters. The van der Waals surface area contributed by atoms with Crippen LogP contribution in [0.4, 0.5) is 0 Å². The van der Waals surface area contributed by atoms with Gasteiger partial charge in [0.15, 0.2) is 5.75 Å². The standard InChI is InChI=1S/C21H16O5S2/c1-2-25-16(22)11-17(23)26-19-13-8-4-6-10-15(13)28-21(19)20-18(24)12-7-3-5-9-14(12)27-20/h3-10,24H,2,11H2,1H3. The second-order valence-electron chi connectivity index (χ2n) is 5.99. The van der Waals surface area contributed by atoms with Gasteiger partial charge in [0.25, 0.3) is 0 Å². The Bertz CT molecular complexity index is 1190. The lowest BCUT2D eigenvalue weighted by Gasteiger charge is -2.06. The number of aromatic hydroxyl groups is 1. The average molecular weight is 412 g/mol. The van der Waals surface area contributed by atoms with E-state index in [1.807, 2.05) is 48.5 Å². The molecule has 5 nitrogen and oxygen atoms in total. The molecular formula is C21H16O5S2. The fourth-order valence-corrected chi connectivity index (χ4v) is 5.29. The summed E-state index contributed by atoms with van der Waals surface area (Å²) in [7, 11) is 0. The van der Waals surface area contributed by atoms with Gasteiger partial charge >= 0.3 is 11.9 Å². The molecule has 0 radical (unpaired) electrons. The molecule has 0 aliphatic rings. The number of esters is 2. The molecule has 0 saturated carbocycles. The summed E-state index contributed by atoms with van der Waals surface area (Å²) >= 11 is 2.87. The van der Waals surface area contributed by atoms with Crippen molar-refractivity contribution in [2.75, 3.05) is 6.61 Å². The molecule has 2 heterocycles. The second-order valence-corrected chi connectivity index (χ2v) is 8.09. The van der Waals surface area contributed by atoms with Crippen LogP contribution in [0.25, 0.3) is 29.9 Å². The summed E-state index contributed by atoms with van der Waals surface area (Å²) in [5.74, 6) is -0.797. The number of rotatable bonds is 5. The van der Waals surface area contributed by atoms with Crippen LogP contribution in [-0.4, -0.2) is 23.7 Å². The monoisotopic (exact) mass is 412 g/mol. The molecule has 28 heavy (non-hydrogen) atoms. The molecular weight excluding hydrogens is 396 g/mol. The molecule has 0 spiro atoms. The van der Waals surface area contributed by atoms with Gasteiger partial charge in [-0.15, -0.1) is 22.7 Å². The van der Waals surface area contributed by atoms with Crippen LogP contribution in [0, 0.1) is 0 Å². The Morgan fingerprint density at radius 1 is 0.893 bits per heavy atom. The molecule has 7 heteroatoms. The van der Waals surface area contributed by atoms with E-state index in [0.29, 0.717) is 15.5 Å². The van der Waals surface area contributed by atoms with E-state index in [1.165, 1.54) is 22.7 Å². The van der Waals surface area contributed by atoms with Gasteiger partial charge in [0, 0.05) is 20.2 Å². The highest BCUT2D eigenvalue weighted by molar-refractivity contribution is 7.29. The minimum Gasteiger partial charge on any atom is -0.506 e. The Labute approximate surface area is 168 Å². The van der Waals surface area contributed by atoms with Crippen molar-refractivity contribution >= 4 is 54.8 Å². The van der Waals surface area contributed by atoms with Gasteiger partial charge < -0.3 is 14.6 Å². The number of carbonyl (C=O) groups is 2. The minimum absolute atomic E-state index is 0.162. The first-order valence-corrected chi connectivity index (χ1v) is 10.3. The summed E-state index contributed by atoms with van der Waals surface area (Å²) in [6.45, 7) is 1.88. The van der Waals surface area contributed by atoms with Gasteiger partial charge in [0.05, 0.1) is 16.4 Å². The fourth-order valence-electron chi connectivity index (χ4n) is 2.94. The van der Waals surface area contributed by atoms with Gasteiger partial charge in [0.1, 0.15) is 12.2 Å². The third kappa shape index (κ3) is 3.34. The second kappa shape index (κ2) is 7.61. The number of fused-ring (bicyclic) bond motifs is 2. The van der Waals surface area contributed by atoms with Gasteiger partial charge in [-0.2, -0.15) is 0 Å². The van der Waals surface area contributed by atoms with Gasteiger partial charge in [-0.3, -0.25) is 9.59 Å². The van der Waals surface area contributed by atoms with Crippen LogP contribution in [0.1, 0.15) is 13.3 Å². The number of hydrogen-bond donors (Lipinski definition) is 1. The van der Waals surface area contributed by atoms with E-state index in [0.717, 1.165) is 20.2 Å². The number of carbonyl (C=O) groups excluding carboxylic acids is 2. The first-order chi connectivity index (χ1) is 13.6. The zero-order valence-corrected chi connectivity index (χ0v) is 16.6. The first kappa shape index (κ1) is 18.5. The molecule has 2 aromatic heterocycles. The van der Waals surface area contributed by atoms with Crippen LogP contribution in [0.2, 0.25) is 0 Å². The van der Waals surface area contributed by atoms with Crippen LogP contribution in [-0.2, 0) is 14.3 Å². The zero-order valence-electron chi connectivity index (χ0n) is 14.9. The Kier molecular flexibility index (Phi) is 5.02. The van der Waals surface area contributed by atoms with Gasteiger partial charge in [0.2, 0.25) is 0 Å². The first-order valence-electron chi connectivity index (χ1n) is 8.67. The van der Waals surface area contributed by atoms with Crippen molar-refractivity contribution in [2.45, 2.75) is 13.3 Å². The zero-order chi connectivity index (χ0) is 19.7.